The fourth-order valence-electron chi connectivity index (χ4n) is 4.80. The van der Waals surface area contributed by atoms with Gasteiger partial charge in [-0.3, -0.25) is 10.2 Å². The third-order valence-corrected chi connectivity index (χ3v) is 8.99. The number of fused-ring (bicyclic) bond motifs is 2. The molecule has 0 spiro atoms. The van der Waals surface area contributed by atoms with Gasteiger partial charge in [0.1, 0.15) is 10.0 Å². The van der Waals surface area contributed by atoms with Crippen LogP contribution in [0.1, 0.15) is 50.7 Å². The lowest BCUT2D eigenvalue weighted by Gasteiger charge is -2.25. The number of likely N-dealkylation sites (N-methyl/N-ethyl adjacent to an activating group) is 1. The molecule has 186 valence electrons. The minimum absolute atomic E-state index is 0.300. The molecule has 5 rings (SSSR count). The van der Waals surface area contributed by atoms with Gasteiger partial charge in [-0.1, -0.05) is 6.92 Å². The molecule has 10 heteroatoms. The number of ether oxygens (including phenoxy) is 1. The van der Waals surface area contributed by atoms with Crippen molar-refractivity contribution in [2.45, 2.75) is 46.3 Å². The van der Waals surface area contributed by atoms with Crippen molar-refractivity contribution in [2.75, 3.05) is 31.6 Å². The summed E-state index contributed by atoms with van der Waals surface area (Å²) in [6, 6.07) is 3.72. The van der Waals surface area contributed by atoms with Crippen LogP contribution in [0.4, 0.5) is 9.80 Å². The Labute approximate surface area is 213 Å². The lowest BCUT2D eigenvalue weighted by molar-refractivity contribution is 0.0526. The highest BCUT2D eigenvalue weighted by Crippen LogP contribution is 2.37. The van der Waals surface area contributed by atoms with Gasteiger partial charge in [0.05, 0.1) is 12.2 Å². The molecule has 0 unspecified atom stereocenters. The summed E-state index contributed by atoms with van der Waals surface area (Å²) in [5, 5.41) is 11.1. The summed E-state index contributed by atoms with van der Waals surface area (Å²) in [7, 11) is 0. The summed E-state index contributed by atoms with van der Waals surface area (Å²) in [5.74, 6) is -0.371. The molecule has 35 heavy (non-hydrogen) atoms. The van der Waals surface area contributed by atoms with Crippen LogP contribution in [0, 0.1) is 0 Å². The van der Waals surface area contributed by atoms with Crippen LogP contribution in [0.2, 0.25) is 0 Å². The maximum Gasteiger partial charge on any atom is 0.341 e. The van der Waals surface area contributed by atoms with Gasteiger partial charge in [-0.25, -0.2) is 9.59 Å². The Morgan fingerprint density at radius 1 is 1.11 bits per heavy atom. The summed E-state index contributed by atoms with van der Waals surface area (Å²) >= 11 is 3.26. The van der Waals surface area contributed by atoms with Gasteiger partial charge >= 0.3 is 12.0 Å². The smallest absolute Gasteiger partial charge is 0.341 e. The fraction of sp³-hybridized carbons (Fsp3) is 0.440. The lowest BCUT2D eigenvalue weighted by Crippen LogP contribution is -2.31. The van der Waals surface area contributed by atoms with Gasteiger partial charge in [0, 0.05) is 53.9 Å². The van der Waals surface area contributed by atoms with Crippen molar-refractivity contribution in [1.82, 2.24) is 20.1 Å². The number of thiophene rings is 2. The van der Waals surface area contributed by atoms with Gasteiger partial charge in [-0.2, -0.15) is 0 Å². The summed E-state index contributed by atoms with van der Waals surface area (Å²) in [6.07, 6.45) is 5.83. The van der Waals surface area contributed by atoms with E-state index in [4.69, 9.17) is 4.74 Å². The van der Waals surface area contributed by atoms with E-state index in [9.17, 15) is 9.59 Å². The van der Waals surface area contributed by atoms with Crippen LogP contribution in [0.3, 0.4) is 0 Å². The fourth-order valence-corrected chi connectivity index (χ4v) is 7.37. The van der Waals surface area contributed by atoms with Crippen LogP contribution in [-0.2, 0) is 37.2 Å². The molecule has 0 saturated carbocycles. The van der Waals surface area contributed by atoms with Crippen molar-refractivity contribution in [3.05, 3.63) is 56.5 Å². The zero-order valence-corrected chi connectivity index (χ0v) is 21.7. The predicted octanol–water partition coefficient (Wildman–Crippen LogP) is 4.12. The van der Waals surface area contributed by atoms with Gasteiger partial charge in [0.2, 0.25) is 0 Å². The number of anilines is 1. The molecule has 0 fully saturated rings. The largest absolute Gasteiger partial charge is 0.462 e. The van der Waals surface area contributed by atoms with E-state index in [0.717, 1.165) is 54.5 Å². The third-order valence-electron chi connectivity index (χ3n) is 6.57. The first-order valence-electron chi connectivity index (χ1n) is 12.1. The normalized spacial score (nSPS) is 15.4. The molecule has 5 heterocycles. The number of urea groups is 1. The molecule has 0 aliphatic carbocycles. The minimum Gasteiger partial charge on any atom is -0.462 e. The topological polar surface area (TPSA) is 87.6 Å². The highest BCUT2D eigenvalue weighted by molar-refractivity contribution is 7.17. The van der Waals surface area contributed by atoms with E-state index in [1.807, 2.05) is 35.9 Å². The van der Waals surface area contributed by atoms with Crippen LogP contribution in [0.25, 0.3) is 5.00 Å². The van der Waals surface area contributed by atoms with E-state index >= 15 is 0 Å². The molecular formula is C25H31N5O3S2. The summed E-state index contributed by atoms with van der Waals surface area (Å²) < 4.78 is 7.43. The van der Waals surface area contributed by atoms with E-state index in [1.165, 1.54) is 27.3 Å². The van der Waals surface area contributed by atoms with E-state index in [-0.39, 0.29) is 12.0 Å². The van der Waals surface area contributed by atoms with E-state index in [2.05, 4.69) is 32.3 Å². The number of carbonyl (C=O) groups is 2. The zero-order chi connectivity index (χ0) is 24.4. The van der Waals surface area contributed by atoms with Crippen molar-refractivity contribution in [3.63, 3.8) is 0 Å². The highest BCUT2D eigenvalue weighted by atomic mass is 32.1. The number of hydrogen-bond donors (Lipinski definition) is 3. The third kappa shape index (κ3) is 4.88. The van der Waals surface area contributed by atoms with Crippen LogP contribution in [0.5, 0.6) is 0 Å². The van der Waals surface area contributed by atoms with Gasteiger partial charge in [0.25, 0.3) is 0 Å². The monoisotopic (exact) mass is 513 g/mol. The number of carbonyl (C=O) groups excluding carboxylic acids is 2. The van der Waals surface area contributed by atoms with Crippen molar-refractivity contribution < 1.29 is 14.3 Å². The molecule has 0 bridgehead atoms. The summed E-state index contributed by atoms with van der Waals surface area (Å²) in [6.45, 7) is 9.25. The van der Waals surface area contributed by atoms with Crippen LogP contribution < -0.4 is 16.0 Å². The van der Waals surface area contributed by atoms with Crippen LogP contribution in [-0.4, -0.2) is 47.7 Å². The Hall–Kier alpha value is -2.66. The SMILES string of the molecule is CCOC(=O)c1c(NC(=O)NCc2c(-n3cccc3)sc3c2CCN(CC)C3)sc2c1CCNC2. The molecular weight excluding hydrogens is 482 g/mol. The molecule has 3 N–H and O–H groups in total. The number of aromatic nitrogens is 1. The predicted molar refractivity (Wildman–Crippen MR) is 140 cm³/mol. The molecule has 8 nitrogen and oxygen atoms in total. The highest BCUT2D eigenvalue weighted by Gasteiger charge is 2.28. The molecule has 3 aromatic rings. The number of nitrogens with one attached hydrogen (secondary N) is 3. The number of hydrogen-bond acceptors (Lipinski definition) is 7. The first-order chi connectivity index (χ1) is 17.1. The van der Waals surface area contributed by atoms with Crippen LogP contribution >= 0.6 is 22.7 Å². The first kappa shape index (κ1) is 24.1. The second-order valence-electron chi connectivity index (χ2n) is 8.66. The van der Waals surface area contributed by atoms with Gasteiger partial charge in [-0.05, 0) is 56.1 Å². The van der Waals surface area contributed by atoms with E-state index in [0.29, 0.717) is 30.3 Å². The summed E-state index contributed by atoms with van der Waals surface area (Å²) in [4.78, 5) is 30.6. The maximum absolute atomic E-state index is 13.0. The van der Waals surface area contributed by atoms with Gasteiger partial charge < -0.3 is 19.9 Å². The molecule has 0 atom stereocenters. The second-order valence-corrected chi connectivity index (χ2v) is 10.8. The lowest BCUT2D eigenvalue weighted by atomic mass is 10.0. The van der Waals surface area contributed by atoms with Crippen LogP contribution in [0.15, 0.2) is 24.5 Å². The summed E-state index contributed by atoms with van der Waals surface area (Å²) in [5.41, 5.74) is 4.02. The Morgan fingerprint density at radius 2 is 1.94 bits per heavy atom. The van der Waals surface area contributed by atoms with Crippen molar-refractivity contribution >= 4 is 39.7 Å². The maximum atomic E-state index is 13.0. The second kappa shape index (κ2) is 10.5. The first-order valence-corrected chi connectivity index (χ1v) is 13.8. The molecule has 0 aromatic carbocycles. The number of amides is 2. The number of esters is 1. The quantitative estimate of drug-likeness (QED) is 0.414. The van der Waals surface area contributed by atoms with E-state index in [1.54, 1.807) is 6.92 Å². The molecule has 2 aliphatic heterocycles. The number of rotatable bonds is 7. The molecule has 2 amide bonds. The van der Waals surface area contributed by atoms with Crippen molar-refractivity contribution in [3.8, 4) is 5.00 Å². The van der Waals surface area contributed by atoms with Gasteiger partial charge in [-0.15, -0.1) is 22.7 Å². The Morgan fingerprint density at radius 3 is 2.71 bits per heavy atom. The molecule has 0 radical (unpaired) electrons. The molecule has 2 aliphatic rings. The molecule has 3 aromatic heterocycles. The molecule has 0 saturated heterocycles. The Bertz CT molecular complexity index is 1210. The minimum atomic E-state index is -0.371. The average molecular weight is 514 g/mol. The average Bonchev–Trinajstić information content (AvgIpc) is 3.59. The Balaban J connectivity index is 1.36. The number of nitrogens with zero attached hydrogens (tertiary/aromatic N) is 2. The zero-order valence-electron chi connectivity index (χ0n) is 20.1. The van der Waals surface area contributed by atoms with Gasteiger partial charge in [0.15, 0.2) is 0 Å². The standard InChI is InChI=1S/C25H31N5O3S2/c1-3-29-12-8-16-18(23(35-20(16)15-29)30-10-5-6-11-30)13-27-25(32)28-22-21(24(31)33-4-2)17-7-9-26-14-19(17)34-22/h5-6,10-11,26H,3-4,7-9,12-15H2,1-2H3,(H2,27,28,32). The van der Waals surface area contributed by atoms with Crippen molar-refractivity contribution in [2.24, 2.45) is 0 Å². The Kier molecular flexibility index (Phi) is 7.24. The van der Waals surface area contributed by atoms with Crippen molar-refractivity contribution in [1.29, 1.82) is 0 Å². The van der Waals surface area contributed by atoms with E-state index < -0.39 is 0 Å².